The van der Waals surface area contributed by atoms with E-state index < -0.39 is 30.1 Å². The summed E-state index contributed by atoms with van der Waals surface area (Å²) in [6, 6.07) is 0. The monoisotopic (exact) mass is 354 g/mol. The summed E-state index contributed by atoms with van der Waals surface area (Å²) in [5, 5.41) is 4.32. The lowest BCUT2D eigenvalue weighted by molar-refractivity contribution is -0.142. The van der Waals surface area contributed by atoms with Crippen molar-refractivity contribution < 1.29 is 23.9 Å². The Hall–Kier alpha value is -2.95. The Morgan fingerprint density at radius 3 is 2.79 bits per heavy atom. The SMILES string of the molecule is CCOC(=O)Cc1csc(NC(=O)COC(=O)c2c[nH]c(=O)[nH]2)n1. The highest BCUT2D eigenvalue weighted by molar-refractivity contribution is 7.13. The molecule has 0 aliphatic heterocycles. The highest BCUT2D eigenvalue weighted by atomic mass is 32.1. The summed E-state index contributed by atoms with van der Waals surface area (Å²) in [6.45, 7) is 1.44. The van der Waals surface area contributed by atoms with Gasteiger partial charge >= 0.3 is 17.6 Å². The van der Waals surface area contributed by atoms with Gasteiger partial charge in [0.25, 0.3) is 5.91 Å². The first-order chi connectivity index (χ1) is 11.5. The average Bonchev–Trinajstić information content (AvgIpc) is 3.14. The highest BCUT2D eigenvalue weighted by Crippen LogP contribution is 2.16. The molecule has 0 spiro atoms. The molecule has 11 heteroatoms. The molecule has 0 atom stereocenters. The van der Waals surface area contributed by atoms with Crippen LogP contribution in [0.5, 0.6) is 0 Å². The summed E-state index contributed by atoms with van der Waals surface area (Å²) in [6.07, 6.45) is 1.15. The first kappa shape index (κ1) is 17.4. The van der Waals surface area contributed by atoms with Gasteiger partial charge in [0, 0.05) is 11.6 Å². The lowest BCUT2D eigenvalue weighted by atomic mass is 10.3. The van der Waals surface area contributed by atoms with Crippen LogP contribution in [-0.4, -0.2) is 46.0 Å². The number of amides is 1. The Morgan fingerprint density at radius 2 is 2.12 bits per heavy atom. The zero-order valence-corrected chi connectivity index (χ0v) is 13.4. The van der Waals surface area contributed by atoms with E-state index in [1.165, 1.54) is 0 Å². The molecule has 2 heterocycles. The zero-order valence-electron chi connectivity index (χ0n) is 12.6. The van der Waals surface area contributed by atoms with Crippen LogP contribution in [0.1, 0.15) is 23.1 Å². The third-order valence-corrected chi connectivity index (χ3v) is 3.39. The van der Waals surface area contributed by atoms with Crippen molar-refractivity contribution in [2.75, 3.05) is 18.5 Å². The van der Waals surface area contributed by atoms with Gasteiger partial charge in [-0.3, -0.25) is 14.9 Å². The largest absolute Gasteiger partial charge is 0.466 e. The molecule has 128 valence electrons. The minimum atomic E-state index is -0.842. The third kappa shape index (κ3) is 5.05. The maximum absolute atomic E-state index is 11.7. The maximum atomic E-state index is 11.7. The number of anilines is 1. The number of carbonyl (C=O) groups excluding carboxylic acids is 3. The average molecular weight is 354 g/mol. The third-order valence-electron chi connectivity index (χ3n) is 2.58. The van der Waals surface area contributed by atoms with E-state index >= 15 is 0 Å². The van der Waals surface area contributed by atoms with E-state index in [4.69, 9.17) is 9.47 Å². The number of imidazole rings is 1. The first-order valence-corrected chi connectivity index (χ1v) is 7.70. The Morgan fingerprint density at radius 1 is 1.33 bits per heavy atom. The number of aromatic nitrogens is 3. The number of nitrogens with one attached hydrogen (secondary N) is 3. The molecule has 0 aliphatic rings. The molecule has 2 rings (SSSR count). The molecular weight excluding hydrogens is 340 g/mol. The molecule has 0 saturated heterocycles. The first-order valence-electron chi connectivity index (χ1n) is 6.82. The van der Waals surface area contributed by atoms with E-state index in [1.807, 2.05) is 0 Å². The summed E-state index contributed by atoms with van der Waals surface area (Å²) in [5.41, 5.74) is -0.169. The topological polar surface area (TPSA) is 143 Å². The van der Waals surface area contributed by atoms with Crippen LogP contribution in [0.25, 0.3) is 0 Å². The number of carbonyl (C=O) groups is 3. The molecule has 0 bridgehead atoms. The van der Waals surface area contributed by atoms with Crippen molar-refractivity contribution >= 4 is 34.3 Å². The zero-order chi connectivity index (χ0) is 17.5. The predicted molar refractivity (Wildman–Crippen MR) is 82.8 cm³/mol. The van der Waals surface area contributed by atoms with Crippen LogP contribution in [0.15, 0.2) is 16.4 Å². The lowest BCUT2D eigenvalue weighted by Crippen LogP contribution is -2.21. The van der Waals surface area contributed by atoms with Gasteiger partial charge in [-0.15, -0.1) is 11.3 Å². The number of aromatic amines is 2. The van der Waals surface area contributed by atoms with Crippen molar-refractivity contribution in [1.29, 1.82) is 0 Å². The van der Waals surface area contributed by atoms with Crippen molar-refractivity contribution in [1.82, 2.24) is 15.0 Å². The van der Waals surface area contributed by atoms with Gasteiger partial charge in [0.05, 0.1) is 18.7 Å². The molecule has 24 heavy (non-hydrogen) atoms. The molecule has 2 aromatic rings. The van der Waals surface area contributed by atoms with E-state index in [2.05, 4.69) is 20.3 Å². The Labute approximate surface area is 139 Å². The van der Waals surface area contributed by atoms with Crippen LogP contribution in [0.3, 0.4) is 0 Å². The second-order valence-electron chi connectivity index (χ2n) is 4.41. The summed E-state index contributed by atoms with van der Waals surface area (Å²) in [4.78, 5) is 53.9. The van der Waals surface area contributed by atoms with Gasteiger partial charge < -0.3 is 19.4 Å². The molecule has 2 aromatic heterocycles. The van der Waals surface area contributed by atoms with Gasteiger partial charge in [-0.05, 0) is 6.92 Å². The number of esters is 2. The van der Waals surface area contributed by atoms with Crippen molar-refractivity contribution in [2.45, 2.75) is 13.3 Å². The van der Waals surface area contributed by atoms with E-state index in [0.29, 0.717) is 5.69 Å². The lowest BCUT2D eigenvalue weighted by Gasteiger charge is -2.03. The fourth-order valence-electron chi connectivity index (χ4n) is 1.61. The summed E-state index contributed by atoms with van der Waals surface area (Å²) >= 11 is 1.13. The van der Waals surface area contributed by atoms with Gasteiger partial charge in [0.2, 0.25) is 0 Å². The predicted octanol–water partition coefficient (Wildman–Crippen LogP) is 0.0606. The van der Waals surface area contributed by atoms with E-state index in [-0.39, 0.29) is 23.9 Å². The molecule has 0 unspecified atom stereocenters. The number of hydrogen-bond donors (Lipinski definition) is 3. The number of nitrogens with zero attached hydrogens (tertiary/aromatic N) is 1. The van der Waals surface area contributed by atoms with E-state index in [9.17, 15) is 19.2 Å². The van der Waals surface area contributed by atoms with E-state index in [1.54, 1.807) is 12.3 Å². The summed E-state index contributed by atoms with van der Waals surface area (Å²) in [5.74, 6) is -1.85. The van der Waals surface area contributed by atoms with Gasteiger partial charge in [-0.25, -0.2) is 14.6 Å². The molecule has 0 fully saturated rings. The molecule has 0 aromatic carbocycles. The highest BCUT2D eigenvalue weighted by Gasteiger charge is 2.14. The van der Waals surface area contributed by atoms with Gasteiger partial charge in [0.1, 0.15) is 5.69 Å². The van der Waals surface area contributed by atoms with Gasteiger partial charge in [-0.2, -0.15) is 0 Å². The standard InChI is InChI=1S/C13H14N4O6S/c1-2-22-10(19)3-7-6-24-13(15-7)17-9(18)5-23-11(20)8-4-14-12(21)16-8/h4,6H,2-3,5H2,1H3,(H2,14,16,21)(H,15,17,18). The van der Waals surface area contributed by atoms with Crippen molar-refractivity contribution in [3.63, 3.8) is 0 Å². The van der Waals surface area contributed by atoms with Crippen molar-refractivity contribution in [3.8, 4) is 0 Å². The maximum Gasteiger partial charge on any atom is 0.356 e. The Balaban J connectivity index is 1.80. The second kappa shape index (κ2) is 8.06. The molecular formula is C13H14N4O6S. The van der Waals surface area contributed by atoms with Gasteiger partial charge in [-0.1, -0.05) is 0 Å². The number of hydrogen-bond acceptors (Lipinski definition) is 8. The Bertz CT molecular complexity index is 792. The molecule has 3 N–H and O–H groups in total. The van der Waals surface area contributed by atoms with Gasteiger partial charge in [0.15, 0.2) is 11.7 Å². The van der Waals surface area contributed by atoms with Crippen LogP contribution >= 0.6 is 11.3 Å². The quantitative estimate of drug-likeness (QED) is 0.596. The summed E-state index contributed by atoms with van der Waals surface area (Å²) in [7, 11) is 0. The van der Waals surface area contributed by atoms with Crippen molar-refractivity contribution in [2.24, 2.45) is 0 Å². The summed E-state index contributed by atoms with van der Waals surface area (Å²) < 4.78 is 9.54. The minimum absolute atomic E-state index is 0.00997. The van der Waals surface area contributed by atoms with Crippen molar-refractivity contribution in [3.05, 3.63) is 33.4 Å². The number of ether oxygens (including phenoxy) is 2. The smallest absolute Gasteiger partial charge is 0.356 e. The fraction of sp³-hybridized carbons (Fsp3) is 0.308. The number of H-pyrrole nitrogens is 2. The van der Waals surface area contributed by atoms with E-state index in [0.717, 1.165) is 17.5 Å². The van der Waals surface area contributed by atoms with Crippen LogP contribution in [0.2, 0.25) is 0 Å². The second-order valence-corrected chi connectivity index (χ2v) is 5.26. The van der Waals surface area contributed by atoms with Crippen LogP contribution in [-0.2, 0) is 25.5 Å². The fourth-order valence-corrected chi connectivity index (χ4v) is 2.34. The van der Waals surface area contributed by atoms with Crippen LogP contribution < -0.4 is 11.0 Å². The molecule has 1 amide bonds. The van der Waals surface area contributed by atoms with Crippen LogP contribution in [0.4, 0.5) is 5.13 Å². The minimum Gasteiger partial charge on any atom is -0.466 e. The molecule has 0 saturated carbocycles. The molecule has 10 nitrogen and oxygen atoms in total. The molecule has 0 radical (unpaired) electrons. The Kier molecular flexibility index (Phi) is 5.84. The molecule has 0 aliphatic carbocycles. The number of rotatable bonds is 7. The normalized spacial score (nSPS) is 10.2. The number of thiazole rings is 1. The van der Waals surface area contributed by atoms with Crippen LogP contribution in [0, 0.1) is 0 Å².